The molecule has 0 saturated carbocycles. The van der Waals surface area contributed by atoms with Crippen LogP contribution in [0.2, 0.25) is 0 Å². The third-order valence-electron chi connectivity index (χ3n) is 9.03. The zero-order valence-electron chi connectivity index (χ0n) is 27.6. The van der Waals surface area contributed by atoms with Gasteiger partial charge in [0.1, 0.15) is 17.0 Å². The van der Waals surface area contributed by atoms with Gasteiger partial charge in [0.25, 0.3) is 0 Å². The Bertz CT molecular complexity index is 1270. The second-order valence-electron chi connectivity index (χ2n) is 13.9. The fourth-order valence-corrected chi connectivity index (χ4v) is 6.60. The fraction of sp³-hybridized carbons (Fsp3) is 0.676. The number of amides is 3. The highest BCUT2D eigenvalue weighted by Crippen LogP contribution is 2.37. The van der Waals surface area contributed by atoms with Gasteiger partial charge in [0, 0.05) is 55.5 Å². The van der Waals surface area contributed by atoms with E-state index in [0.29, 0.717) is 12.8 Å². The number of aliphatic hydroxyl groups is 1. The van der Waals surface area contributed by atoms with E-state index in [1.807, 2.05) is 34.6 Å². The summed E-state index contributed by atoms with van der Waals surface area (Å²) in [5, 5.41) is 25.3. The number of aromatic nitrogens is 1. The molecule has 248 valence electrons. The van der Waals surface area contributed by atoms with Crippen LogP contribution in [0.5, 0.6) is 0 Å². The van der Waals surface area contributed by atoms with E-state index in [4.69, 9.17) is 5.11 Å². The molecule has 1 aromatic heterocycles. The molecule has 10 nitrogen and oxygen atoms in total. The highest BCUT2D eigenvalue weighted by atomic mass is 32.1. The van der Waals surface area contributed by atoms with Crippen molar-refractivity contribution in [2.24, 2.45) is 10.8 Å². The second kappa shape index (κ2) is 15.9. The molecule has 1 aromatic rings. The van der Waals surface area contributed by atoms with E-state index >= 15 is 0 Å². The summed E-state index contributed by atoms with van der Waals surface area (Å²) in [6, 6.07) is -1.93. The van der Waals surface area contributed by atoms with Crippen LogP contribution in [0.25, 0.3) is 5.57 Å². The lowest BCUT2D eigenvalue weighted by molar-refractivity contribution is -0.299. The molecule has 0 spiro atoms. The topological polar surface area (TPSA) is 150 Å². The third kappa shape index (κ3) is 10.1. The zero-order chi connectivity index (χ0) is 33.4. The molecule has 0 aromatic carbocycles. The molecule has 1 saturated heterocycles. The highest BCUT2D eigenvalue weighted by Gasteiger charge is 2.45. The Balaban J connectivity index is 1.57. The Morgan fingerprint density at radius 1 is 1.11 bits per heavy atom. The number of carboxylic acids is 1. The molecule has 0 bridgehead atoms. The van der Waals surface area contributed by atoms with Crippen molar-refractivity contribution < 1.29 is 34.4 Å². The Morgan fingerprint density at radius 3 is 2.31 bits per heavy atom. The molecular formula is C34H51N4O6S+. The number of aliphatic carboxylic acids is 1. The van der Waals surface area contributed by atoms with Crippen molar-refractivity contribution in [2.45, 2.75) is 130 Å². The molecule has 4 N–H and O–H groups in total. The first-order chi connectivity index (χ1) is 21.1. The standard InChI is InChI=1S/C34H50N4O6S/c1-22-29(45-21-35-22)24-15-17-34(6,18-16-24)23(2)36-31(43)26-19-25(39)20-38(26)32(44)30(33(3,4)5)37-27(40)13-11-9-7-8-10-12-14-28(41)42/h15-17,23,25-26,30,39H,7-14,18-20H2,1-6H3,(H2-,36,37,40,41,42,43)/p+1/t23-,25+,26-,30+,34?/m0/s1. The van der Waals surface area contributed by atoms with E-state index in [-0.39, 0.29) is 55.0 Å². The Kier molecular flexibility index (Phi) is 12.8. The number of carbonyl (C=O) groups is 4. The molecule has 45 heavy (non-hydrogen) atoms. The van der Waals surface area contributed by atoms with E-state index in [1.54, 1.807) is 0 Å². The molecule has 1 unspecified atom stereocenters. The average molecular weight is 644 g/mol. The van der Waals surface area contributed by atoms with E-state index in [0.717, 1.165) is 48.2 Å². The average Bonchev–Trinajstić information content (AvgIpc) is 3.57. The normalized spacial score (nSPS) is 22.7. The van der Waals surface area contributed by atoms with Gasteiger partial charge in [0.2, 0.25) is 17.7 Å². The monoisotopic (exact) mass is 643 g/mol. The molecule has 3 rings (SSSR count). The quantitative estimate of drug-likeness (QED) is 0.211. The van der Waals surface area contributed by atoms with Crippen molar-refractivity contribution in [1.29, 1.82) is 0 Å². The van der Waals surface area contributed by atoms with Gasteiger partial charge in [-0.25, -0.2) is 0 Å². The number of allylic oxidation sites excluding steroid dienone is 3. The summed E-state index contributed by atoms with van der Waals surface area (Å²) in [6.07, 6.45) is 11.7. The first-order valence-electron chi connectivity index (χ1n) is 16.2. The number of unbranched alkanes of at least 4 members (excludes halogenated alkanes) is 5. The number of likely N-dealkylation sites (tertiary alicyclic amines) is 1. The maximum absolute atomic E-state index is 13.9. The van der Waals surface area contributed by atoms with E-state index in [9.17, 15) is 24.3 Å². The van der Waals surface area contributed by atoms with Crippen LogP contribution < -0.4 is 15.6 Å². The van der Waals surface area contributed by atoms with Crippen LogP contribution in [0.4, 0.5) is 0 Å². The number of hydrogen-bond donors (Lipinski definition) is 4. The molecule has 2 heterocycles. The van der Waals surface area contributed by atoms with Gasteiger partial charge in [-0.05, 0) is 42.2 Å². The molecule has 5 atom stereocenters. The number of carboxylic acid groups (broad SMARTS) is 1. The number of carbonyl (C=O) groups excluding carboxylic acids is 3. The van der Waals surface area contributed by atoms with E-state index < -0.39 is 29.6 Å². The lowest BCUT2D eigenvalue weighted by atomic mass is 9.76. The van der Waals surface area contributed by atoms with Crippen LogP contribution in [0.1, 0.15) is 109 Å². The number of β-amino-alcohol motifs (C(OH)–C–C–N with tert-alkyl or cyclic N) is 1. The number of hydrogen-bond acceptors (Lipinski definition) is 6. The minimum atomic E-state index is -0.853. The fourth-order valence-electron chi connectivity index (χ4n) is 5.86. The summed E-state index contributed by atoms with van der Waals surface area (Å²) in [5.41, 5.74) is 4.02. The first-order valence-corrected chi connectivity index (χ1v) is 17.0. The van der Waals surface area contributed by atoms with Crippen LogP contribution in [-0.4, -0.2) is 69.6 Å². The Morgan fingerprint density at radius 2 is 1.76 bits per heavy atom. The van der Waals surface area contributed by atoms with Gasteiger partial charge in [0.15, 0.2) is 0 Å². The number of rotatable bonds is 15. The largest absolute Gasteiger partial charge is 0.481 e. The molecule has 1 aliphatic heterocycles. The predicted molar refractivity (Wildman–Crippen MR) is 173 cm³/mol. The molecule has 2 aliphatic rings. The van der Waals surface area contributed by atoms with Crippen molar-refractivity contribution in [3.8, 4) is 0 Å². The summed E-state index contributed by atoms with van der Waals surface area (Å²) in [7, 11) is 0. The van der Waals surface area contributed by atoms with E-state index in [1.165, 1.54) is 16.2 Å². The first kappa shape index (κ1) is 36.2. The molecule has 1 aliphatic carbocycles. The lowest BCUT2D eigenvalue weighted by Crippen LogP contribution is -2.58. The van der Waals surface area contributed by atoms with E-state index in [2.05, 4.69) is 46.3 Å². The van der Waals surface area contributed by atoms with Crippen LogP contribution in [0.15, 0.2) is 18.2 Å². The number of nitrogens with one attached hydrogen (secondary N) is 2. The van der Waals surface area contributed by atoms with Gasteiger partial charge in [-0.2, -0.15) is 0 Å². The summed E-state index contributed by atoms with van der Waals surface area (Å²) in [5.74, 6) is -1.68. The summed E-state index contributed by atoms with van der Waals surface area (Å²) >= 11 is 1.48. The van der Waals surface area contributed by atoms with Crippen molar-refractivity contribution in [2.75, 3.05) is 6.54 Å². The predicted octanol–water partition coefficient (Wildman–Crippen LogP) is 4.01. The van der Waals surface area contributed by atoms with Crippen molar-refractivity contribution in [3.63, 3.8) is 0 Å². The Hall–Kier alpha value is -3.23. The Labute approximate surface area is 271 Å². The van der Waals surface area contributed by atoms with Crippen molar-refractivity contribution in [1.82, 2.24) is 15.5 Å². The van der Waals surface area contributed by atoms with Gasteiger partial charge in [0.05, 0.1) is 6.10 Å². The van der Waals surface area contributed by atoms with Crippen LogP contribution in [-0.2, 0) is 19.2 Å². The molecule has 11 heteroatoms. The smallest absolute Gasteiger partial charge is 0.382 e. The summed E-state index contributed by atoms with van der Waals surface area (Å²) < 4.78 is 0. The maximum atomic E-state index is 13.9. The van der Waals surface area contributed by atoms with Gasteiger partial charge >= 0.3 is 17.2 Å². The third-order valence-corrected chi connectivity index (χ3v) is 9.95. The van der Waals surface area contributed by atoms with Gasteiger partial charge in [-0.15, -0.1) is 0 Å². The van der Waals surface area contributed by atoms with Crippen LogP contribution >= 0.6 is 11.3 Å². The molecule has 1 fully saturated rings. The minimum absolute atomic E-state index is 0.0319. The van der Waals surface area contributed by atoms with Gasteiger partial charge in [-0.3, -0.25) is 19.2 Å². The van der Waals surface area contributed by atoms with Crippen LogP contribution in [0.3, 0.4) is 0 Å². The maximum Gasteiger partial charge on any atom is 0.382 e. The molecular weight excluding hydrogens is 592 g/mol. The van der Waals surface area contributed by atoms with Crippen molar-refractivity contribution >= 4 is 40.6 Å². The highest BCUT2D eigenvalue weighted by molar-refractivity contribution is 7.09. The second-order valence-corrected chi connectivity index (χ2v) is 14.7. The van der Waals surface area contributed by atoms with Crippen molar-refractivity contribution in [3.05, 3.63) is 34.3 Å². The zero-order valence-corrected chi connectivity index (χ0v) is 28.5. The minimum Gasteiger partial charge on any atom is -0.481 e. The van der Waals surface area contributed by atoms with Gasteiger partial charge < -0.3 is 25.7 Å². The molecule has 0 radical (unpaired) electrons. The summed E-state index contributed by atoms with van der Waals surface area (Å²) in [4.78, 5) is 57.8. The van der Waals surface area contributed by atoms with Gasteiger partial charge in [-0.1, -0.05) is 71.6 Å². The summed E-state index contributed by atoms with van der Waals surface area (Å²) in [6.45, 7) is 11.7. The SMILES string of the molecule is Cc1[n+]#csc1C1=CCC(C)([C@H](C)NC(=O)[C@@H]2C[C@@H](O)CN2C(=O)[C@@H](NC(=O)CCCCCCCCC(=O)O)C(C)(C)C)C=C1. The number of aliphatic hydroxyl groups excluding tert-OH is 1. The lowest BCUT2D eigenvalue weighted by Gasteiger charge is -2.37. The van der Waals surface area contributed by atoms with Crippen LogP contribution in [0, 0.1) is 23.3 Å². The molecule has 3 amide bonds. The number of nitrogens with zero attached hydrogens (tertiary/aromatic N) is 2.